The Hall–Kier alpha value is -2.19. The standard InChI is InChI=1S/C18H20N4O2S2/c1-9-5-6-13(19-7-9)20-16(23)12(4)25-8-14-21-17(24)15-10(2)11(3)26-18(15)22-14/h5-7,12H,8H2,1-4H3,(H,19,20,23)(H,21,22,24)/t12-/m1/s1. The maximum absolute atomic E-state index is 12.3. The van der Waals surface area contributed by atoms with Crippen LogP contribution in [0.3, 0.4) is 0 Å². The van der Waals surface area contributed by atoms with Crippen molar-refractivity contribution in [2.24, 2.45) is 0 Å². The van der Waals surface area contributed by atoms with Crippen LogP contribution in [0, 0.1) is 20.8 Å². The number of hydrogen-bond donors (Lipinski definition) is 2. The zero-order valence-corrected chi connectivity index (χ0v) is 16.7. The molecule has 0 aliphatic rings. The quantitative estimate of drug-likeness (QED) is 0.698. The number of amides is 1. The summed E-state index contributed by atoms with van der Waals surface area (Å²) < 4.78 is 0. The van der Waals surface area contributed by atoms with Gasteiger partial charge in [0, 0.05) is 11.1 Å². The van der Waals surface area contributed by atoms with Crippen LogP contribution in [0.5, 0.6) is 0 Å². The molecular formula is C18H20N4O2S2. The van der Waals surface area contributed by atoms with Crippen molar-refractivity contribution in [3.63, 3.8) is 0 Å². The van der Waals surface area contributed by atoms with E-state index in [0.29, 0.717) is 22.8 Å². The molecule has 0 aliphatic heterocycles. The molecule has 0 unspecified atom stereocenters. The van der Waals surface area contributed by atoms with Crippen molar-refractivity contribution < 1.29 is 4.79 Å². The monoisotopic (exact) mass is 388 g/mol. The van der Waals surface area contributed by atoms with Crippen molar-refractivity contribution in [2.75, 3.05) is 5.32 Å². The van der Waals surface area contributed by atoms with Crippen molar-refractivity contribution in [1.82, 2.24) is 15.0 Å². The highest BCUT2D eigenvalue weighted by Crippen LogP contribution is 2.26. The second-order valence-corrected chi connectivity index (χ2v) is 8.67. The number of carbonyl (C=O) groups excluding carboxylic acids is 1. The molecule has 1 amide bonds. The van der Waals surface area contributed by atoms with Gasteiger partial charge in [0.25, 0.3) is 5.56 Å². The summed E-state index contributed by atoms with van der Waals surface area (Å²) in [7, 11) is 0. The number of nitrogens with zero attached hydrogens (tertiary/aromatic N) is 2. The number of aromatic nitrogens is 3. The fraction of sp³-hybridized carbons (Fsp3) is 0.333. The van der Waals surface area contributed by atoms with E-state index in [4.69, 9.17) is 0 Å². The third-order valence-corrected chi connectivity index (χ3v) is 6.35. The summed E-state index contributed by atoms with van der Waals surface area (Å²) in [6, 6.07) is 3.67. The average Bonchev–Trinajstić information content (AvgIpc) is 2.89. The third-order valence-electron chi connectivity index (χ3n) is 4.09. The number of hydrogen-bond acceptors (Lipinski definition) is 6. The van der Waals surface area contributed by atoms with Crippen LogP contribution in [0.15, 0.2) is 23.1 Å². The van der Waals surface area contributed by atoms with Crippen LogP contribution in [0.4, 0.5) is 5.82 Å². The highest BCUT2D eigenvalue weighted by molar-refractivity contribution is 7.99. The van der Waals surface area contributed by atoms with E-state index in [-0.39, 0.29) is 16.7 Å². The summed E-state index contributed by atoms with van der Waals surface area (Å²) in [6.45, 7) is 7.69. The Labute approximate surface area is 159 Å². The molecule has 8 heteroatoms. The van der Waals surface area contributed by atoms with Crippen LogP contribution >= 0.6 is 23.1 Å². The second-order valence-electron chi connectivity index (χ2n) is 6.14. The van der Waals surface area contributed by atoms with E-state index in [0.717, 1.165) is 20.8 Å². The highest BCUT2D eigenvalue weighted by atomic mass is 32.2. The molecule has 0 fully saturated rings. The highest BCUT2D eigenvalue weighted by Gasteiger charge is 2.16. The van der Waals surface area contributed by atoms with Crippen molar-refractivity contribution in [3.8, 4) is 0 Å². The summed E-state index contributed by atoms with van der Waals surface area (Å²) in [5, 5.41) is 3.16. The minimum atomic E-state index is -0.300. The lowest BCUT2D eigenvalue weighted by atomic mass is 10.2. The largest absolute Gasteiger partial charge is 0.310 e. The van der Waals surface area contributed by atoms with Gasteiger partial charge in [0.05, 0.1) is 16.4 Å². The summed E-state index contributed by atoms with van der Waals surface area (Å²) in [4.78, 5) is 38.0. The van der Waals surface area contributed by atoms with Gasteiger partial charge in [0.2, 0.25) is 5.91 Å². The molecule has 0 aliphatic carbocycles. The van der Waals surface area contributed by atoms with E-state index in [9.17, 15) is 9.59 Å². The molecule has 0 saturated carbocycles. The molecule has 136 valence electrons. The number of aryl methyl sites for hydroxylation is 3. The first-order chi connectivity index (χ1) is 12.3. The van der Waals surface area contributed by atoms with Gasteiger partial charge in [-0.3, -0.25) is 9.59 Å². The molecular weight excluding hydrogens is 368 g/mol. The van der Waals surface area contributed by atoms with Crippen LogP contribution in [0.1, 0.15) is 28.8 Å². The molecule has 2 N–H and O–H groups in total. The number of nitrogens with one attached hydrogen (secondary N) is 2. The number of anilines is 1. The fourth-order valence-electron chi connectivity index (χ4n) is 2.42. The van der Waals surface area contributed by atoms with Gasteiger partial charge in [0.15, 0.2) is 0 Å². The third kappa shape index (κ3) is 3.96. The van der Waals surface area contributed by atoms with Crippen LogP contribution in [0.25, 0.3) is 10.2 Å². The molecule has 6 nitrogen and oxygen atoms in total. The zero-order chi connectivity index (χ0) is 18.8. The van der Waals surface area contributed by atoms with Crippen molar-refractivity contribution in [1.29, 1.82) is 0 Å². The van der Waals surface area contributed by atoms with Crippen LogP contribution in [0.2, 0.25) is 0 Å². The Kier molecular flexibility index (Phi) is 5.43. The summed E-state index contributed by atoms with van der Waals surface area (Å²) in [5.41, 5.74) is 1.90. The van der Waals surface area contributed by atoms with Crippen LogP contribution in [-0.4, -0.2) is 26.1 Å². The Morgan fingerprint density at radius 3 is 2.81 bits per heavy atom. The number of fused-ring (bicyclic) bond motifs is 1. The van der Waals surface area contributed by atoms with Gasteiger partial charge in [-0.1, -0.05) is 6.07 Å². The summed E-state index contributed by atoms with van der Waals surface area (Å²) >= 11 is 2.94. The molecule has 0 radical (unpaired) electrons. The van der Waals surface area contributed by atoms with E-state index in [1.54, 1.807) is 12.3 Å². The van der Waals surface area contributed by atoms with Gasteiger partial charge in [-0.2, -0.15) is 0 Å². The molecule has 3 aromatic heterocycles. The molecule has 1 atom stereocenters. The lowest BCUT2D eigenvalue weighted by Crippen LogP contribution is -2.23. The molecule has 0 bridgehead atoms. The van der Waals surface area contributed by atoms with Gasteiger partial charge >= 0.3 is 0 Å². The number of rotatable bonds is 5. The fourth-order valence-corrected chi connectivity index (χ4v) is 4.22. The van der Waals surface area contributed by atoms with E-state index >= 15 is 0 Å². The summed E-state index contributed by atoms with van der Waals surface area (Å²) in [5.74, 6) is 1.45. The Bertz CT molecular complexity index is 1010. The number of pyridine rings is 1. The van der Waals surface area contributed by atoms with Crippen molar-refractivity contribution in [2.45, 2.75) is 38.7 Å². The topological polar surface area (TPSA) is 87.7 Å². The predicted octanol–water partition coefficient (Wildman–Crippen LogP) is 3.57. The predicted molar refractivity (Wildman–Crippen MR) is 108 cm³/mol. The minimum Gasteiger partial charge on any atom is -0.310 e. The van der Waals surface area contributed by atoms with Gasteiger partial charge in [-0.15, -0.1) is 23.1 Å². The molecule has 0 spiro atoms. The average molecular weight is 389 g/mol. The molecule has 0 aromatic carbocycles. The normalized spacial score (nSPS) is 12.3. The van der Waals surface area contributed by atoms with E-state index < -0.39 is 0 Å². The minimum absolute atomic E-state index is 0.117. The number of aromatic amines is 1. The lowest BCUT2D eigenvalue weighted by Gasteiger charge is -2.11. The van der Waals surface area contributed by atoms with Crippen LogP contribution < -0.4 is 10.9 Å². The molecule has 0 saturated heterocycles. The van der Waals surface area contributed by atoms with Crippen LogP contribution in [-0.2, 0) is 10.5 Å². The second kappa shape index (κ2) is 7.59. The van der Waals surface area contributed by atoms with Gasteiger partial charge in [-0.25, -0.2) is 9.97 Å². The lowest BCUT2D eigenvalue weighted by molar-refractivity contribution is -0.115. The Balaban J connectivity index is 1.66. The Morgan fingerprint density at radius 1 is 1.35 bits per heavy atom. The van der Waals surface area contributed by atoms with Gasteiger partial charge in [-0.05, 0) is 44.9 Å². The first-order valence-corrected chi connectivity index (χ1v) is 10.1. The number of thiophene rings is 1. The van der Waals surface area contributed by atoms with E-state index in [2.05, 4.69) is 20.3 Å². The van der Waals surface area contributed by atoms with Gasteiger partial charge < -0.3 is 10.3 Å². The zero-order valence-electron chi connectivity index (χ0n) is 15.0. The first-order valence-electron chi connectivity index (χ1n) is 8.19. The molecule has 3 heterocycles. The number of thioether (sulfide) groups is 1. The SMILES string of the molecule is Cc1ccc(NC(=O)[C@@H](C)SCc2nc3sc(C)c(C)c3c(=O)[nH]2)nc1. The Morgan fingerprint density at radius 2 is 2.12 bits per heavy atom. The van der Waals surface area contributed by atoms with E-state index in [1.165, 1.54) is 23.1 Å². The molecule has 3 rings (SSSR count). The van der Waals surface area contributed by atoms with Gasteiger partial charge in [0.1, 0.15) is 16.5 Å². The maximum atomic E-state index is 12.3. The molecule has 3 aromatic rings. The number of carbonyl (C=O) groups is 1. The van der Waals surface area contributed by atoms with Crippen molar-refractivity contribution >= 4 is 45.0 Å². The first kappa shape index (κ1) is 18.6. The number of H-pyrrole nitrogens is 1. The van der Waals surface area contributed by atoms with Crippen molar-refractivity contribution in [3.05, 3.63) is 50.5 Å². The summed E-state index contributed by atoms with van der Waals surface area (Å²) in [6.07, 6.45) is 1.71. The maximum Gasteiger partial charge on any atom is 0.259 e. The molecule has 26 heavy (non-hydrogen) atoms. The van der Waals surface area contributed by atoms with E-state index in [1.807, 2.05) is 33.8 Å². The smallest absolute Gasteiger partial charge is 0.259 e.